The first-order valence-electron chi connectivity index (χ1n) is 11.0. The van der Waals surface area contributed by atoms with Crippen LogP contribution in [-0.4, -0.2) is 110 Å². The van der Waals surface area contributed by atoms with Crippen molar-refractivity contribution in [2.75, 3.05) is 19.6 Å². The maximum atomic E-state index is 13.4. The standard InChI is InChI=1S/C21H33N5O8/c1-10(27)12(14(22)29)24-7-20(16(24)31)6-21(26(8-20)18(33)34-19(3,4)5)9-25(17(21)32)13(11(2)28)15(23)30/h10-13,27-28H,6-9H2,1-5H3,(H2,22,29)(H2,23,30)/t10-,11-,12+,13+,20?,21?/m1/s1. The lowest BCUT2D eigenvalue weighted by Crippen LogP contribution is -2.77. The zero-order valence-electron chi connectivity index (χ0n) is 20.0. The summed E-state index contributed by atoms with van der Waals surface area (Å²) >= 11 is 0. The van der Waals surface area contributed by atoms with Crippen molar-refractivity contribution in [3.8, 4) is 0 Å². The predicted molar refractivity (Wildman–Crippen MR) is 115 cm³/mol. The Labute approximate surface area is 196 Å². The number of hydrogen-bond donors (Lipinski definition) is 4. The van der Waals surface area contributed by atoms with E-state index in [2.05, 4.69) is 0 Å². The number of likely N-dealkylation sites (tertiary alicyclic amines) is 3. The Hall–Kier alpha value is -2.93. The topological polar surface area (TPSA) is 197 Å². The summed E-state index contributed by atoms with van der Waals surface area (Å²) < 4.78 is 5.48. The molecule has 2 spiro atoms. The van der Waals surface area contributed by atoms with E-state index in [1.54, 1.807) is 20.8 Å². The highest BCUT2D eigenvalue weighted by Crippen LogP contribution is 2.53. The van der Waals surface area contributed by atoms with Crippen molar-refractivity contribution >= 4 is 29.7 Å². The summed E-state index contributed by atoms with van der Waals surface area (Å²) in [5.74, 6) is -2.92. The minimum Gasteiger partial charge on any atom is -0.444 e. The van der Waals surface area contributed by atoms with Crippen molar-refractivity contribution in [2.24, 2.45) is 16.9 Å². The minimum atomic E-state index is -1.47. The molecule has 3 aliphatic heterocycles. The molecular weight excluding hydrogens is 450 g/mol. The van der Waals surface area contributed by atoms with Crippen molar-refractivity contribution in [1.29, 1.82) is 0 Å². The summed E-state index contributed by atoms with van der Waals surface area (Å²) in [6.07, 6.45) is -3.33. The number of carbonyl (C=O) groups excluding carboxylic acids is 5. The Kier molecular flexibility index (Phi) is 6.11. The van der Waals surface area contributed by atoms with Crippen molar-refractivity contribution in [2.45, 2.75) is 76.5 Å². The van der Waals surface area contributed by atoms with Gasteiger partial charge in [-0.1, -0.05) is 0 Å². The molecule has 0 aromatic heterocycles. The van der Waals surface area contributed by atoms with E-state index in [1.807, 2.05) is 0 Å². The number of hydrogen-bond acceptors (Lipinski definition) is 8. The number of β-lactam (4-membered cyclic amide) rings is 2. The molecule has 0 aromatic carbocycles. The maximum Gasteiger partial charge on any atom is 0.411 e. The third kappa shape index (κ3) is 3.86. The molecule has 2 unspecified atom stereocenters. The molecule has 6 atom stereocenters. The third-order valence-corrected chi connectivity index (χ3v) is 6.67. The van der Waals surface area contributed by atoms with Crippen molar-refractivity contribution in [3.05, 3.63) is 0 Å². The fourth-order valence-electron chi connectivity index (χ4n) is 5.33. The summed E-state index contributed by atoms with van der Waals surface area (Å²) in [5, 5.41) is 19.9. The fourth-order valence-corrected chi connectivity index (χ4v) is 5.33. The second-order valence-electron chi connectivity index (χ2n) is 10.6. The molecule has 6 N–H and O–H groups in total. The van der Waals surface area contributed by atoms with Gasteiger partial charge < -0.3 is 36.2 Å². The lowest BCUT2D eigenvalue weighted by atomic mass is 9.70. The molecule has 3 rings (SSSR count). The molecule has 0 aliphatic carbocycles. The third-order valence-electron chi connectivity index (χ3n) is 6.67. The van der Waals surface area contributed by atoms with Crippen LogP contribution in [0.4, 0.5) is 4.79 Å². The Morgan fingerprint density at radius 2 is 1.38 bits per heavy atom. The average Bonchev–Trinajstić information content (AvgIpc) is 3.04. The van der Waals surface area contributed by atoms with Gasteiger partial charge in [-0.3, -0.25) is 24.1 Å². The molecule has 13 heteroatoms. The number of nitrogens with two attached hydrogens (primary N) is 2. The highest BCUT2D eigenvalue weighted by Gasteiger charge is 2.73. The molecule has 3 aliphatic rings. The van der Waals surface area contributed by atoms with E-state index in [4.69, 9.17) is 16.2 Å². The molecular formula is C21H33N5O8. The van der Waals surface area contributed by atoms with Gasteiger partial charge in [0.25, 0.3) is 5.91 Å². The lowest BCUT2D eigenvalue weighted by Gasteiger charge is -2.54. The number of aliphatic hydroxyl groups excluding tert-OH is 2. The van der Waals surface area contributed by atoms with Crippen LogP contribution in [0.2, 0.25) is 0 Å². The van der Waals surface area contributed by atoms with Crippen molar-refractivity contribution in [3.63, 3.8) is 0 Å². The fraction of sp³-hybridized carbons (Fsp3) is 0.762. The van der Waals surface area contributed by atoms with Crippen LogP contribution in [0.1, 0.15) is 41.0 Å². The summed E-state index contributed by atoms with van der Waals surface area (Å²) in [4.78, 5) is 66.8. The van der Waals surface area contributed by atoms with Gasteiger partial charge in [0.05, 0.1) is 24.2 Å². The second kappa shape index (κ2) is 8.08. The van der Waals surface area contributed by atoms with Crippen LogP contribution in [0, 0.1) is 5.41 Å². The average molecular weight is 484 g/mol. The molecule has 3 saturated heterocycles. The molecule has 3 heterocycles. The Balaban J connectivity index is 1.93. The van der Waals surface area contributed by atoms with Gasteiger partial charge in [-0.2, -0.15) is 0 Å². The molecule has 0 saturated carbocycles. The Bertz CT molecular complexity index is 931. The van der Waals surface area contributed by atoms with E-state index in [0.717, 1.165) is 9.80 Å². The van der Waals surface area contributed by atoms with Crippen LogP contribution >= 0.6 is 0 Å². The summed E-state index contributed by atoms with van der Waals surface area (Å²) in [5.41, 5.74) is 7.19. The van der Waals surface area contributed by atoms with Gasteiger partial charge in [-0.05, 0) is 41.0 Å². The molecule has 5 amide bonds. The van der Waals surface area contributed by atoms with Gasteiger partial charge in [0.2, 0.25) is 17.7 Å². The van der Waals surface area contributed by atoms with Gasteiger partial charge in [0.15, 0.2) is 0 Å². The minimum absolute atomic E-state index is 0.00564. The van der Waals surface area contributed by atoms with E-state index in [-0.39, 0.29) is 26.1 Å². The van der Waals surface area contributed by atoms with Crippen LogP contribution in [-0.2, 0) is 23.9 Å². The van der Waals surface area contributed by atoms with Crippen LogP contribution in [0.25, 0.3) is 0 Å². The van der Waals surface area contributed by atoms with Crippen LogP contribution in [0.5, 0.6) is 0 Å². The monoisotopic (exact) mass is 483 g/mol. The highest BCUT2D eigenvalue weighted by molar-refractivity contribution is 6.03. The largest absolute Gasteiger partial charge is 0.444 e. The van der Waals surface area contributed by atoms with Crippen LogP contribution in [0.15, 0.2) is 0 Å². The molecule has 190 valence electrons. The summed E-state index contributed by atoms with van der Waals surface area (Å²) in [6, 6.07) is -2.54. The van der Waals surface area contributed by atoms with Crippen LogP contribution in [0.3, 0.4) is 0 Å². The van der Waals surface area contributed by atoms with Crippen LogP contribution < -0.4 is 11.5 Å². The number of primary amides is 2. The zero-order chi connectivity index (χ0) is 26.0. The Morgan fingerprint density at radius 3 is 1.74 bits per heavy atom. The smallest absolute Gasteiger partial charge is 0.411 e. The van der Waals surface area contributed by atoms with Gasteiger partial charge in [0.1, 0.15) is 23.2 Å². The summed E-state index contributed by atoms with van der Waals surface area (Å²) in [7, 11) is 0. The Morgan fingerprint density at radius 1 is 0.912 bits per heavy atom. The molecule has 13 nitrogen and oxygen atoms in total. The second-order valence-corrected chi connectivity index (χ2v) is 10.6. The number of nitrogens with zero attached hydrogens (tertiary/aromatic N) is 3. The quantitative estimate of drug-likeness (QED) is 0.297. The van der Waals surface area contributed by atoms with E-state index in [9.17, 15) is 34.2 Å². The van der Waals surface area contributed by atoms with Gasteiger partial charge in [-0.15, -0.1) is 0 Å². The number of ether oxygens (including phenoxy) is 1. The first-order valence-corrected chi connectivity index (χ1v) is 11.0. The predicted octanol–water partition coefficient (Wildman–Crippen LogP) is -2.49. The normalized spacial score (nSPS) is 30.0. The first-order chi connectivity index (χ1) is 15.5. The van der Waals surface area contributed by atoms with Gasteiger partial charge in [0, 0.05) is 13.1 Å². The molecule has 34 heavy (non-hydrogen) atoms. The number of aliphatic hydroxyl groups is 2. The lowest BCUT2D eigenvalue weighted by molar-refractivity contribution is -0.175. The van der Waals surface area contributed by atoms with E-state index < -0.39 is 70.6 Å². The zero-order valence-corrected chi connectivity index (χ0v) is 20.0. The van der Waals surface area contributed by atoms with Crippen molar-refractivity contribution < 1.29 is 38.9 Å². The SMILES string of the molecule is C[C@@H](O)[C@@H](C(N)=O)N1CC2(CN(C(=O)OC(C)(C)C)C3(CN([C@H](C(N)=O)[C@@H](C)O)C3=O)C2)C1=O. The molecule has 0 bridgehead atoms. The first kappa shape index (κ1) is 25.7. The number of carbonyl (C=O) groups is 5. The maximum absolute atomic E-state index is 13.4. The number of rotatable bonds is 6. The number of amides is 5. The summed E-state index contributed by atoms with van der Waals surface area (Å²) in [6.45, 7) is 7.34. The van der Waals surface area contributed by atoms with E-state index >= 15 is 0 Å². The molecule has 3 fully saturated rings. The van der Waals surface area contributed by atoms with Gasteiger partial charge >= 0.3 is 6.09 Å². The van der Waals surface area contributed by atoms with Gasteiger partial charge in [-0.25, -0.2) is 4.79 Å². The molecule has 0 aromatic rings. The van der Waals surface area contributed by atoms with E-state index in [1.165, 1.54) is 18.7 Å². The molecule has 0 radical (unpaired) electrons. The van der Waals surface area contributed by atoms with Crippen molar-refractivity contribution in [1.82, 2.24) is 14.7 Å². The highest BCUT2D eigenvalue weighted by atomic mass is 16.6. The van der Waals surface area contributed by atoms with E-state index in [0.29, 0.717) is 0 Å².